The molecule has 12 rings (SSSR count). The predicted molar refractivity (Wildman–Crippen MR) is 271 cm³/mol. The Balaban J connectivity index is 1.18. The third-order valence-electron chi connectivity index (χ3n) is 12.1. The van der Waals surface area contributed by atoms with E-state index in [1.165, 1.54) is 0 Å². The Hall–Kier alpha value is -9.20. The Kier molecular flexibility index (Phi) is 10.0. The summed E-state index contributed by atoms with van der Waals surface area (Å²) >= 11 is 0. The maximum Gasteiger partial charge on any atom is 0.166 e. The molecule has 0 spiro atoms. The lowest BCUT2D eigenvalue weighted by Gasteiger charge is -2.17. The van der Waals surface area contributed by atoms with Gasteiger partial charge in [-0.25, -0.2) is 29.9 Å². The largest absolute Gasteiger partial charge is 0.308 e. The van der Waals surface area contributed by atoms with Crippen LogP contribution in [0.1, 0.15) is 0 Å². The van der Waals surface area contributed by atoms with Crippen molar-refractivity contribution in [2.75, 3.05) is 0 Å². The van der Waals surface area contributed by atoms with Crippen molar-refractivity contribution < 1.29 is 0 Å². The van der Waals surface area contributed by atoms with Crippen LogP contribution in [0.5, 0.6) is 0 Å². The van der Waals surface area contributed by atoms with Crippen LogP contribution >= 0.6 is 0 Å². The summed E-state index contributed by atoms with van der Waals surface area (Å²) < 4.78 is 2.37. The van der Waals surface area contributed by atoms with Crippen LogP contribution in [0.4, 0.5) is 0 Å². The van der Waals surface area contributed by atoms with Crippen molar-refractivity contribution >= 4 is 21.8 Å². The fraction of sp³-hybridized carbons (Fsp3) is 0. The maximum absolute atomic E-state index is 5.34. The van der Waals surface area contributed by atoms with Gasteiger partial charge in [-0.1, -0.05) is 200 Å². The minimum atomic E-state index is 0.513. The molecule has 0 radical (unpaired) electrons. The van der Waals surface area contributed by atoms with Crippen LogP contribution in [-0.2, 0) is 0 Å². The fourth-order valence-corrected chi connectivity index (χ4v) is 8.91. The fourth-order valence-electron chi connectivity index (χ4n) is 8.91. The number of aromatic nitrogens is 7. The first kappa shape index (κ1) is 39.4. The van der Waals surface area contributed by atoms with Crippen molar-refractivity contribution in [3.63, 3.8) is 0 Å². The van der Waals surface area contributed by atoms with E-state index in [4.69, 9.17) is 29.9 Å². The summed E-state index contributed by atoms with van der Waals surface area (Å²) in [5.41, 5.74) is 12.6. The summed E-state index contributed by atoms with van der Waals surface area (Å²) in [5, 5.41) is 2.29. The van der Waals surface area contributed by atoms with E-state index >= 15 is 0 Å². The average Bonchev–Trinajstić information content (AvgIpc) is 3.75. The van der Waals surface area contributed by atoms with Gasteiger partial charge in [0.1, 0.15) is 0 Å². The van der Waals surface area contributed by atoms with Gasteiger partial charge in [0.2, 0.25) is 0 Å². The van der Waals surface area contributed by atoms with Gasteiger partial charge >= 0.3 is 0 Å². The topological polar surface area (TPSA) is 82.3 Å². The second kappa shape index (κ2) is 17.1. The van der Waals surface area contributed by atoms with E-state index < -0.39 is 0 Å². The molecule has 0 aliphatic heterocycles. The van der Waals surface area contributed by atoms with Gasteiger partial charge in [0.15, 0.2) is 34.9 Å². The lowest BCUT2D eigenvalue weighted by Crippen LogP contribution is -2.05. The number of hydrogen-bond acceptors (Lipinski definition) is 6. The second-order valence-corrected chi connectivity index (χ2v) is 16.3. The Morgan fingerprint density at radius 1 is 0.239 bits per heavy atom. The molecule has 0 aliphatic carbocycles. The lowest BCUT2D eigenvalue weighted by atomic mass is 9.94. The first-order valence-electron chi connectivity index (χ1n) is 22.3. The van der Waals surface area contributed by atoms with Crippen molar-refractivity contribution in [1.82, 2.24) is 34.5 Å². The van der Waals surface area contributed by atoms with E-state index in [1.54, 1.807) is 0 Å². The molecule has 12 aromatic rings. The summed E-state index contributed by atoms with van der Waals surface area (Å²) in [7, 11) is 0. The molecule has 0 saturated carbocycles. The zero-order valence-corrected chi connectivity index (χ0v) is 36.1. The molecular formula is C60H39N7. The molecule has 0 amide bonds. The van der Waals surface area contributed by atoms with Gasteiger partial charge in [0.05, 0.1) is 16.7 Å². The summed E-state index contributed by atoms with van der Waals surface area (Å²) in [5.74, 6) is 3.34. The van der Waals surface area contributed by atoms with Crippen LogP contribution in [0.3, 0.4) is 0 Å². The van der Waals surface area contributed by atoms with E-state index in [-0.39, 0.29) is 0 Å². The molecule has 0 saturated heterocycles. The Morgan fingerprint density at radius 2 is 0.612 bits per heavy atom. The minimum Gasteiger partial charge on any atom is -0.308 e. The monoisotopic (exact) mass is 857 g/mol. The molecule has 67 heavy (non-hydrogen) atoms. The molecule has 0 unspecified atom stereocenters. The smallest absolute Gasteiger partial charge is 0.166 e. The molecule has 3 heterocycles. The van der Waals surface area contributed by atoms with Gasteiger partial charge in [-0.15, -0.1) is 0 Å². The van der Waals surface area contributed by atoms with Crippen molar-refractivity contribution in [1.29, 1.82) is 0 Å². The van der Waals surface area contributed by atoms with Crippen LogP contribution in [0, 0.1) is 0 Å². The zero-order chi connectivity index (χ0) is 44.5. The SMILES string of the molecule is c1ccc(-c2cc(-c3ccccc3)c3c4ccccc4n(-c4ccc(-c5nc(-c6ccccc6)nc(-c6ccccc6)n5)cc4-c4nc(-c5ccccc5)nc(-c5ccccc5)n4)c3c2)cc1. The highest BCUT2D eigenvalue weighted by atomic mass is 15.1. The van der Waals surface area contributed by atoms with Crippen molar-refractivity contribution in [2.24, 2.45) is 0 Å². The maximum atomic E-state index is 5.34. The van der Waals surface area contributed by atoms with Gasteiger partial charge in [-0.2, -0.15) is 0 Å². The average molecular weight is 858 g/mol. The quantitative estimate of drug-likeness (QED) is 0.144. The summed E-state index contributed by atoms with van der Waals surface area (Å²) in [4.78, 5) is 31.1. The van der Waals surface area contributed by atoms with Crippen LogP contribution in [0.15, 0.2) is 237 Å². The number of benzene rings is 9. The van der Waals surface area contributed by atoms with Crippen molar-refractivity contribution in [2.45, 2.75) is 0 Å². The molecule has 0 N–H and O–H groups in total. The molecule has 7 nitrogen and oxygen atoms in total. The molecule has 0 aliphatic rings. The number of para-hydroxylation sites is 1. The third-order valence-corrected chi connectivity index (χ3v) is 12.1. The van der Waals surface area contributed by atoms with E-state index in [2.05, 4.69) is 120 Å². The minimum absolute atomic E-state index is 0.513. The molecular weight excluding hydrogens is 819 g/mol. The van der Waals surface area contributed by atoms with Crippen LogP contribution in [0.25, 0.3) is 118 Å². The van der Waals surface area contributed by atoms with Crippen LogP contribution < -0.4 is 0 Å². The predicted octanol–water partition coefficient (Wildman–Crippen LogP) is 14.5. The normalized spacial score (nSPS) is 11.3. The third kappa shape index (κ3) is 7.50. The van der Waals surface area contributed by atoms with Gasteiger partial charge in [0.25, 0.3) is 0 Å². The summed E-state index contributed by atoms with van der Waals surface area (Å²) in [6.07, 6.45) is 0. The standard InChI is InChI=1S/C60H39N7/c1-7-21-40(22-8-1)47-38-49(41-23-9-2-10-24-41)54-48-33-19-20-34-51(48)67(53(54)39-47)52-36-35-46(59-63-55(42-25-11-3-12-26-42)61-56(64-59)43-27-13-4-14-28-43)37-50(52)60-65-57(44-29-15-5-16-30-44)62-58(66-60)45-31-17-6-18-32-45/h1-39H. The Morgan fingerprint density at radius 3 is 1.09 bits per heavy atom. The highest BCUT2D eigenvalue weighted by molar-refractivity contribution is 6.17. The number of nitrogens with zero attached hydrogens (tertiary/aromatic N) is 7. The molecule has 0 bridgehead atoms. The first-order chi connectivity index (χ1) is 33.2. The van der Waals surface area contributed by atoms with Crippen molar-refractivity contribution in [3.8, 4) is 96.3 Å². The number of hydrogen-bond donors (Lipinski definition) is 0. The number of fused-ring (bicyclic) bond motifs is 3. The zero-order valence-electron chi connectivity index (χ0n) is 36.1. The molecule has 0 atom stereocenters. The highest BCUT2D eigenvalue weighted by Gasteiger charge is 2.24. The van der Waals surface area contributed by atoms with E-state index in [1.807, 2.05) is 121 Å². The van der Waals surface area contributed by atoms with Crippen LogP contribution in [-0.4, -0.2) is 34.5 Å². The Labute approximate surface area is 387 Å². The molecule has 0 fully saturated rings. The number of rotatable bonds is 9. The molecule has 7 heteroatoms. The van der Waals surface area contributed by atoms with Crippen molar-refractivity contribution in [3.05, 3.63) is 237 Å². The Bertz CT molecular complexity index is 3600. The summed E-state index contributed by atoms with van der Waals surface area (Å²) in [6.45, 7) is 0. The summed E-state index contributed by atoms with van der Waals surface area (Å²) in [6, 6.07) is 81.3. The lowest BCUT2D eigenvalue weighted by molar-refractivity contribution is 1.06. The van der Waals surface area contributed by atoms with E-state index in [0.29, 0.717) is 34.9 Å². The second-order valence-electron chi connectivity index (χ2n) is 16.3. The highest BCUT2D eigenvalue weighted by Crippen LogP contribution is 2.44. The van der Waals surface area contributed by atoms with E-state index in [0.717, 1.165) is 83.1 Å². The van der Waals surface area contributed by atoms with Gasteiger partial charge in [0, 0.05) is 44.2 Å². The molecule has 314 valence electrons. The van der Waals surface area contributed by atoms with E-state index in [9.17, 15) is 0 Å². The van der Waals surface area contributed by atoms with Gasteiger partial charge in [-0.3, -0.25) is 0 Å². The van der Waals surface area contributed by atoms with Gasteiger partial charge in [-0.05, 0) is 58.7 Å². The molecule has 3 aromatic heterocycles. The molecule has 9 aromatic carbocycles. The van der Waals surface area contributed by atoms with Crippen LogP contribution in [0.2, 0.25) is 0 Å². The first-order valence-corrected chi connectivity index (χ1v) is 22.3. The van der Waals surface area contributed by atoms with Gasteiger partial charge < -0.3 is 4.57 Å².